The Hall–Kier alpha value is -3.10. The highest BCUT2D eigenvalue weighted by Gasteiger charge is 2.45. The summed E-state index contributed by atoms with van der Waals surface area (Å²) in [6.07, 6.45) is 7.59. The van der Waals surface area contributed by atoms with Gasteiger partial charge in [-0.3, -0.25) is 4.72 Å². The van der Waals surface area contributed by atoms with Gasteiger partial charge in [0.05, 0.1) is 31.5 Å². The number of hydrogen-bond acceptors (Lipinski definition) is 5. The Morgan fingerprint density at radius 3 is 2.38 bits per heavy atom. The normalized spacial score (nSPS) is 14.7. The first-order valence-corrected chi connectivity index (χ1v) is 12.8. The van der Waals surface area contributed by atoms with E-state index in [1.54, 1.807) is 31.4 Å². The van der Waals surface area contributed by atoms with Crippen LogP contribution in [0.25, 0.3) is 23.3 Å². The quantitative estimate of drug-likeness (QED) is 0.317. The second-order valence-corrected chi connectivity index (χ2v) is 10.6. The van der Waals surface area contributed by atoms with Gasteiger partial charge in [-0.1, -0.05) is 24.3 Å². The number of pyridine rings is 1. The highest BCUT2D eigenvalue weighted by Crippen LogP contribution is 2.56. The molecule has 1 aliphatic rings. The molecule has 1 saturated carbocycles. The van der Waals surface area contributed by atoms with Crippen LogP contribution in [0.4, 0.5) is 10.1 Å². The number of aromatic nitrogens is 1. The molecule has 1 heterocycles. The zero-order valence-electron chi connectivity index (χ0n) is 18.9. The number of sulfonamides is 1. The Bertz CT molecular complexity index is 1350. The monoisotopic (exact) mass is 502 g/mol. The van der Waals surface area contributed by atoms with E-state index in [0.29, 0.717) is 28.4 Å². The number of methoxy groups -OCH3 is 2. The number of benzene rings is 2. The van der Waals surface area contributed by atoms with Gasteiger partial charge in [-0.05, 0) is 54.3 Å². The van der Waals surface area contributed by atoms with E-state index in [-0.39, 0.29) is 0 Å². The fraction of sp³-hybridized carbons (Fsp3) is 0.240. The van der Waals surface area contributed by atoms with Crippen molar-refractivity contribution in [3.63, 3.8) is 0 Å². The molecule has 2 aromatic carbocycles. The van der Waals surface area contributed by atoms with Gasteiger partial charge in [-0.15, -0.1) is 11.6 Å². The summed E-state index contributed by atoms with van der Waals surface area (Å²) < 4.78 is 50.4. The van der Waals surface area contributed by atoms with E-state index in [9.17, 15) is 12.8 Å². The molecular weight excluding hydrogens is 479 g/mol. The minimum Gasteiger partial charge on any atom is -0.496 e. The number of ether oxygens (including phenoxy) is 2. The third-order valence-corrected chi connectivity index (χ3v) is 6.67. The summed E-state index contributed by atoms with van der Waals surface area (Å²) in [6.45, 7) is 0. The standard InChI is InChI=1S/C25H24ClFN2O4S/c1-32-23-17(7-4-16-5-8-20(9-6-16)29-34(3,30)31)12-18(13-22(23)25(26)10-11-25)21-14-19(27)15-28-24(21)33-2/h4-9,12-15,29H,10-11H2,1-3H3. The molecule has 0 atom stereocenters. The minimum atomic E-state index is -3.35. The van der Waals surface area contributed by atoms with Crippen molar-refractivity contribution in [1.29, 1.82) is 0 Å². The lowest BCUT2D eigenvalue weighted by Crippen LogP contribution is -2.09. The van der Waals surface area contributed by atoms with Crippen molar-refractivity contribution in [3.8, 4) is 22.8 Å². The van der Waals surface area contributed by atoms with Crippen molar-refractivity contribution in [2.24, 2.45) is 0 Å². The molecule has 0 saturated heterocycles. The number of nitrogens with one attached hydrogen (secondary N) is 1. The molecular formula is C25H24ClFN2O4S. The molecule has 3 aromatic rings. The lowest BCUT2D eigenvalue weighted by atomic mass is 9.96. The van der Waals surface area contributed by atoms with Crippen molar-refractivity contribution < 1.29 is 22.3 Å². The van der Waals surface area contributed by atoms with Gasteiger partial charge < -0.3 is 9.47 Å². The molecule has 0 spiro atoms. The van der Waals surface area contributed by atoms with Crippen LogP contribution in [0.2, 0.25) is 0 Å². The lowest BCUT2D eigenvalue weighted by Gasteiger charge is -2.18. The zero-order valence-corrected chi connectivity index (χ0v) is 20.5. The summed E-state index contributed by atoms with van der Waals surface area (Å²) in [6, 6.07) is 12.1. The van der Waals surface area contributed by atoms with Gasteiger partial charge in [0.1, 0.15) is 11.6 Å². The third kappa shape index (κ3) is 5.34. The van der Waals surface area contributed by atoms with Gasteiger partial charge in [0.15, 0.2) is 0 Å². The number of alkyl halides is 1. The fourth-order valence-electron chi connectivity index (χ4n) is 3.73. The SMILES string of the molecule is COc1ncc(F)cc1-c1cc(C=Cc2ccc(NS(C)(=O)=O)cc2)c(OC)c(C2(Cl)CC2)c1. The second kappa shape index (κ2) is 9.27. The number of rotatable bonds is 8. The van der Waals surface area contributed by atoms with Crippen LogP contribution in [0.3, 0.4) is 0 Å². The van der Waals surface area contributed by atoms with Crippen LogP contribution in [0, 0.1) is 5.82 Å². The molecule has 1 aliphatic carbocycles. The smallest absolute Gasteiger partial charge is 0.229 e. The van der Waals surface area contributed by atoms with E-state index in [4.69, 9.17) is 21.1 Å². The first kappa shape index (κ1) is 24.0. The summed E-state index contributed by atoms with van der Waals surface area (Å²) in [5.74, 6) is 0.479. The first-order valence-electron chi connectivity index (χ1n) is 10.5. The van der Waals surface area contributed by atoms with Gasteiger partial charge in [0, 0.05) is 22.4 Å². The highest BCUT2D eigenvalue weighted by atomic mass is 35.5. The third-order valence-electron chi connectivity index (χ3n) is 5.48. The Morgan fingerprint density at radius 2 is 1.79 bits per heavy atom. The van der Waals surface area contributed by atoms with Crippen LogP contribution in [0.5, 0.6) is 11.6 Å². The van der Waals surface area contributed by atoms with E-state index in [1.807, 2.05) is 24.3 Å². The van der Waals surface area contributed by atoms with Crippen LogP contribution in [-0.4, -0.2) is 33.9 Å². The van der Waals surface area contributed by atoms with E-state index < -0.39 is 20.7 Å². The molecule has 34 heavy (non-hydrogen) atoms. The number of anilines is 1. The lowest BCUT2D eigenvalue weighted by molar-refractivity contribution is 0.397. The van der Waals surface area contributed by atoms with Crippen molar-refractivity contribution >= 4 is 39.5 Å². The first-order chi connectivity index (χ1) is 16.1. The summed E-state index contributed by atoms with van der Waals surface area (Å²) in [4.78, 5) is 3.52. The Morgan fingerprint density at radius 1 is 1.09 bits per heavy atom. The second-order valence-electron chi connectivity index (χ2n) is 8.15. The zero-order chi connectivity index (χ0) is 24.5. The minimum absolute atomic E-state index is 0.306. The summed E-state index contributed by atoms with van der Waals surface area (Å²) in [5.41, 5.74) is 4.13. The van der Waals surface area contributed by atoms with Gasteiger partial charge >= 0.3 is 0 Å². The molecule has 0 aliphatic heterocycles. The Balaban J connectivity index is 1.77. The van der Waals surface area contributed by atoms with Crippen LogP contribution >= 0.6 is 11.6 Å². The number of halogens is 2. The van der Waals surface area contributed by atoms with Crippen molar-refractivity contribution in [2.45, 2.75) is 17.7 Å². The van der Waals surface area contributed by atoms with Crippen molar-refractivity contribution in [3.05, 3.63) is 71.2 Å². The fourth-order valence-corrected chi connectivity index (χ4v) is 4.53. The maximum absolute atomic E-state index is 14.0. The van der Waals surface area contributed by atoms with Crippen LogP contribution in [-0.2, 0) is 14.9 Å². The molecule has 6 nitrogen and oxygen atoms in total. The van der Waals surface area contributed by atoms with E-state index in [2.05, 4.69) is 9.71 Å². The molecule has 4 rings (SSSR count). The average molecular weight is 503 g/mol. The maximum atomic E-state index is 14.0. The molecule has 0 unspecified atom stereocenters. The maximum Gasteiger partial charge on any atom is 0.229 e. The predicted molar refractivity (Wildman–Crippen MR) is 133 cm³/mol. The predicted octanol–water partition coefficient (Wildman–Crippen LogP) is 5.67. The van der Waals surface area contributed by atoms with E-state index in [0.717, 1.165) is 42.0 Å². The number of nitrogens with zero attached hydrogens (tertiary/aromatic N) is 1. The van der Waals surface area contributed by atoms with Gasteiger partial charge in [-0.25, -0.2) is 17.8 Å². The summed E-state index contributed by atoms with van der Waals surface area (Å²) in [7, 11) is -0.267. The summed E-state index contributed by atoms with van der Waals surface area (Å²) >= 11 is 6.80. The van der Waals surface area contributed by atoms with Gasteiger partial charge in [-0.2, -0.15) is 0 Å². The molecule has 1 fully saturated rings. The van der Waals surface area contributed by atoms with Crippen LogP contribution in [0.15, 0.2) is 48.7 Å². The molecule has 0 amide bonds. The Kier molecular flexibility index (Phi) is 6.55. The molecule has 178 valence electrons. The Labute approximate surface area is 203 Å². The highest BCUT2D eigenvalue weighted by molar-refractivity contribution is 7.92. The molecule has 0 radical (unpaired) electrons. The van der Waals surface area contributed by atoms with E-state index in [1.165, 1.54) is 13.2 Å². The molecule has 0 bridgehead atoms. The van der Waals surface area contributed by atoms with Crippen LogP contribution < -0.4 is 14.2 Å². The topological polar surface area (TPSA) is 77.5 Å². The molecule has 1 aromatic heterocycles. The van der Waals surface area contributed by atoms with Gasteiger partial charge in [0.25, 0.3) is 0 Å². The summed E-state index contributed by atoms with van der Waals surface area (Å²) in [5, 5.41) is 0. The van der Waals surface area contributed by atoms with E-state index >= 15 is 0 Å². The largest absolute Gasteiger partial charge is 0.496 e. The van der Waals surface area contributed by atoms with Gasteiger partial charge in [0.2, 0.25) is 15.9 Å². The van der Waals surface area contributed by atoms with Crippen molar-refractivity contribution in [2.75, 3.05) is 25.2 Å². The molecule has 9 heteroatoms. The van der Waals surface area contributed by atoms with Crippen molar-refractivity contribution in [1.82, 2.24) is 4.98 Å². The average Bonchev–Trinajstić information content (AvgIpc) is 3.55. The molecule has 1 N–H and O–H groups in total. The number of hydrogen-bond donors (Lipinski definition) is 1. The van der Waals surface area contributed by atoms with Crippen LogP contribution in [0.1, 0.15) is 29.5 Å².